The molecule has 0 bridgehead atoms. The first-order valence-corrected chi connectivity index (χ1v) is 9.64. The highest BCUT2D eigenvalue weighted by Crippen LogP contribution is 2.33. The van der Waals surface area contributed by atoms with Gasteiger partial charge in [0, 0.05) is 13.0 Å². The summed E-state index contributed by atoms with van der Waals surface area (Å²) in [6.07, 6.45) is 9.77. The SMILES string of the molecule is CCCCCCCCCCOc1ccc2c(OC(C)=O)c(O)c(=O)oc2c1. The molecule has 148 valence electrons. The number of carbonyl (C=O) groups excluding carboxylic acids is 1. The number of esters is 1. The van der Waals surface area contributed by atoms with Crippen LogP contribution in [0, 0.1) is 0 Å². The lowest BCUT2D eigenvalue weighted by atomic mass is 10.1. The molecule has 0 spiro atoms. The predicted octanol–water partition coefficient (Wildman–Crippen LogP) is 4.94. The van der Waals surface area contributed by atoms with Crippen molar-refractivity contribution in [1.29, 1.82) is 0 Å². The molecular formula is C21H28O6. The maximum Gasteiger partial charge on any atom is 0.382 e. The molecule has 0 aliphatic heterocycles. The smallest absolute Gasteiger partial charge is 0.382 e. The minimum absolute atomic E-state index is 0.191. The van der Waals surface area contributed by atoms with Crippen molar-refractivity contribution >= 4 is 16.9 Å². The molecule has 0 unspecified atom stereocenters. The first-order valence-electron chi connectivity index (χ1n) is 9.64. The van der Waals surface area contributed by atoms with Crippen LogP contribution in [-0.4, -0.2) is 17.7 Å². The lowest BCUT2D eigenvalue weighted by molar-refractivity contribution is -0.131. The van der Waals surface area contributed by atoms with Gasteiger partial charge in [-0.1, -0.05) is 51.9 Å². The highest BCUT2D eigenvalue weighted by atomic mass is 16.5. The van der Waals surface area contributed by atoms with Crippen LogP contribution in [0.5, 0.6) is 17.2 Å². The standard InChI is InChI=1S/C21H28O6/c1-3-4-5-6-7-8-9-10-13-25-16-11-12-17-18(14-16)27-21(24)19(23)20(17)26-15(2)22/h11-12,14,23H,3-10,13H2,1-2H3. The van der Waals surface area contributed by atoms with Crippen molar-refractivity contribution in [2.75, 3.05) is 6.61 Å². The highest BCUT2D eigenvalue weighted by Gasteiger charge is 2.17. The van der Waals surface area contributed by atoms with Gasteiger partial charge in [0.15, 0.2) is 5.75 Å². The molecule has 2 rings (SSSR count). The minimum Gasteiger partial charge on any atom is -0.499 e. The van der Waals surface area contributed by atoms with Crippen LogP contribution in [0.1, 0.15) is 65.2 Å². The van der Waals surface area contributed by atoms with Gasteiger partial charge in [0.2, 0.25) is 5.75 Å². The summed E-state index contributed by atoms with van der Waals surface area (Å²) in [7, 11) is 0. The van der Waals surface area contributed by atoms with Crippen molar-refractivity contribution in [2.24, 2.45) is 0 Å². The van der Waals surface area contributed by atoms with Gasteiger partial charge in [0.05, 0.1) is 12.0 Å². The third kappa shape index (κ3) is 6.31. The molecular weight excluding hydrogens is 348 g/mol. The Morgan fingerprint density at radius 2 is 1.74 bits per heavy atom. The molecule has 27 heavy (non-hydrogen) atoms. The molecule has 6 nitrogen and oxygen atoms in total. The Kier molecular flexibility index (Phi) is 8.17. The van der Waals surface area contributed by atoms with Gasteiger partial charge in [0.1, 0.15) is 11.3 Å². The number of ether oxygens (including phenoxy) is 2. The molecule has 0 saturated heterocycles. The Bertz CT molecular complexity index is 808. The zero-order valence-electron chi connectivity index (χ0n) is 16.1. The van der Waals surface area contributed by atoms with E-state index in [1.807, 2.05) is 0 Å². The Morgan fingerprint density at radius 3 is 2.41 bits per heavy atom. The fraction of sp³-hybridized carbons (Fsp3) is 0.524. The number of hydrogen-bond acceptors (Lipinski definition) is 6. The van der Waals surface area contributed by atoms with Crippen LogP contribution in [0.25, 0.3) is 11.0 Å². The van der Waals surface area contributed by atoms with Gasteiger partial charge in [-0.05, 0) is 18.6 Å². The highest BCUT2D eigenvalue weighted by molar-refractivity contribution is 5.89. The zero-order chi connectivity index (χ0) is 19.6. The van der Waals surface area contributed by atoms with E-state index in [0.717, 1.165) is 12.8 Å². The summed E-state index contributed by atoms with van der Waals surface area (Å²) < 4.78 is 15.7. The average Bonchev–Trinajstić information content (AvgIpc) is 2.63. The van der Waals surface area contributed by atoms with Crippen LogP contribution >= 0.6 is 0 Å². The summed E-state index contributed by atoms with van der Waals surface area (Å²) in [6.45, 7) is 4.00. The van der Waals surface area contributed by atoms with E-state index in [4.69, 9.17) is 13.9 Å². The van der Waals surface area contributed by atoms with Gasteiger partial charge in [0.25, 0.3) is 0 Å². The first-order chi connectivity index (χ1) is 13.0. The molecule has 0 aliphatic rings. The molecule has 1 heterocycles. The van der Waals surface area contributed by atoms with E-state index in [9.17, 15) is 14.7 Å². The van der Waals surface area contributed by atoms with E-state index in [1.165, 1.54) is 45.4 Å². The number of hydrogen-bond donors (Lipinski definition) is 1. The summed E-state index contributed by atoms with van der Waals surface area (Å²) in [5.41, 5.74) is -0.763. The number of aromatic hydroxyl groups is 1. The van der Waals surface area contributed by atoms with E-state index in [-0.39, 0.29) is 11.3 Å². The fourth-order valence-electron chi connectivity index (χ4n) is 2.91. The van der Waals surface area contributed by atoms with Gasteiger partial charge in [-0.3, -0.25) is 4.79 Å². The molecule has 1 aromatic carbocycles. The summed E-state index contributed by atoms with van der Waals surface area (Å²) in [5.74, 6) is -0.978. The van der Waals surface area contributed by atoms with E-state index in [1.54, 1.807) is 18.2 Å². The summed E-state index contributed by atoms with van der Waals surface area (Å²) >= 11 is 0. The predicted molar refractivity (Wildman–Crippen MR) is 104 cm³/mol. The largest absolute Gasteiger partial charge is 0.499 e. The molecule has 1 N–H and O–H groups in total. The molecule has 0 radical (unpaired) electrons. The minimum atomic E-state index is -0.959. The van der Waals surface area contributed by atoms with Crippen LogP contribution in [0.15, 0.2) is 27.4 Å². The lowest BCUT2D eigenvalue weighted by Gasteiger charge is -2.09. The summed E-state index contributed by atoms with van der Waals surface area (Å²) in [4.78, 5) is 22.9. The van der Waals surface area contributed by atoms with Gasteiger partial charge in [-0.25, -0.2) is 4.79 Å². The number of carbonyl (C=O) groups is 1. The fourth-order valence-corrected chi connectivity index (χ4v) is 2.91. The van der Waals surface area contributed by atoms with Gasteiger partial charge >= 0.3 is 11.6 Å². The van der Waals surface area contributed by atoms with Crippen molar-refractivity contribution in [3.63, 3.8) is 0 Å². The Balaban J connectivity index is 1.90. The third-order valence-corrected chi connectivity index (χ3v) is 4.32. The lowest BCUT2D eigenvalue weighted by Crippen LogP contribution is -2.07. The van der Waals surface area contributed by atoms with Crippen LogP contribution in [0.4, 0.5) is 0 Å². The summed E-state index contributed by atoms with van der Waals surface area (Å²) in [6, 6.07) is 4.85. The van der Waals surface area contributed by atoms with E-state index < -0.39 is 17.3 Å². The number of unbranched alkanes of at least 4 members (excludes halogenated alkanes) is 7. The van der Waals surface area contributed by atoms with Gasteiger partial charge in [-0.15, -0.1) is 0 Å². The van der Waals surface area contributed by atoms with Crippen LogP contribution in [0.2, 0.25) is 0 Å². The maximum absolute atomic E-state index is 11.7. The topological polar surface area (TPSA) is 86.0 Å². The number of rotatable bonds is 11. The van der Waals surface area contributed by atoms with Crippen molar-refractivity contribution < 1.29 is 23.8 Å². The van der Waals surface area contributed by atoms with Crippen LogP contribution < -0.4 is 15.1 Å². The molecule has 0 fully saturated rings. The van der Waals surface area contributed by atoms with Crippen molar-refractivity contribution in [2.45, 2.75) is 65.2 Å². The second-order valence-electron chi connectivity index (χ2n) is 6.64. The molecule has 0 amide bonds. The summed E-state index contributed by atoms with van der Waals surface area (Å²) in [5, 5.41) is 10.1. The van der Waals surface area contributed by atoms with Gasteiger partial charge in [-0.2, -0.15) is 0 Å². The quantitative estimate of drug-likeness (QED) is 0.339. The second-order valence-corrected chi connectivity index (χ2v) is 6.64. The maximum atomic E-state index is 11.7. The monoisotopic (exact) mass is 376 g/mol. The molecule has 1 aromatic heterocycles. The molecule has 0 saturated carbocycles. The zero-order valence-corrected chi connectivity index (χ0v) is 16.1. The van der Waals surface area contributed by atoms with Gasteiger partial charge < -0.3 is 19.0 Å². The Hall–Kier alpha value is -2.50. The Morgan fingerprint density at radius 1 is 1.07 bits per heavy atom. The molecule has 0 aliphatic carbocycles. The molecule has 2 aromatic rings. The first kappa shape index (κ1) is 20.8. The van der Waals surface area contributed by atoms with Crippen molar-refractivity contribution in [3.05, 3.63) is 28.6 Å². The average molecular weight is 376 g/mol. The van der Waals surface area contributed by atoms with Crippen LogP contribution in [-0.2, 0) is 4.79 Å². The van der Waals surface area contributed by atoms with E-state index in [0.29, 0.717) is 17.7 Å². The van der Waals surface area contributed by atoms with Crippen LogP contribution in [0.3, 0.4) is 0 Å². The molecule has 6 heteroatoms. The number of benzene rings is 1. The second kappa shape index (κ2) is 10.6. The van der Waals surface area contributed by atoms with Crippen molar-refractivity contribution in [3.8, 4) is 17.2 Å². The van der Waals surface area contributed by atoms with E-state index in [2.05, 4.69) is 6.92 Å². The normalized spacial score (nSPS) is 10.9. The molecule has 0 atom stereocenters. The number of fused-ring (bicyclic) bond motifs is 1. The third-order valence-electron chi connectivity index (χ3n) is 4.32. The Labute approximate surface area is 159 Å². The van der Waals surface area contributed by atoms with Crippen molar-refractivity contribution in [1.82, 2.24) is 0 Å². The van der Waals surface area contributed by atoms with E-state index >= 15 is 0 Å².